The molecule has 1 heterocycles. The van der Waals surface area contributed by atoms with Gasteiger partial charge in [0, 0.05) is 18.1 Å². The van der Waals surface area contributed by atoms with E-state index < -0.39 is 0 Å². The molecule has 0 aliphatic heterocycles. The van der Waals surface area contributed by atoms with Crippen LogP contribution in [-0.2, 0) is 4.79 Å². The van der Waals surface area contributed by atoms with Crippen molar-refractivity contribution in [1.29, 1.82) is 0 Å². The normalized spacial score (nSPS) is 11.6. The number of benzene rings is 2. The molecule has 3 aromatic rings. The molecule has 1 atom stereocenters. The van der Waals surface area contributed by atoms with Crippen LogP contribution in [-0.4, -0.2) is 10.9 Å². The maximum absolute atomic E-state index is 12.7. The minimum atomic E-state index is -0.144. The van der Waals surface area contributed by atoms with E-state index >= 15 is 0 Å². The molecule has 132 valence electrons. The summed E-state index contributed by atoms with van der Waals surface area (Å²) < 4.78 is 5.74. The molecule has 4 heteroatoms. The summed E-state index contributed by atoms with van der Waals surface area (Å²) >= 11 is 0. The van der Waals surface area contributed by atoms with Gasteiger partial charge < -0.3 is 10.1 Å². The zero-order valence-electron chi connectivity index (χ0n) is 14.8. The number of hydrogen-bond donors (Lipinski definition) is 1. The maximum atomic E-state index is 12.7. The van der Waals surface area contributed by atoms with Gasteiger partial charge in [-0.25, -0.2) is 0 Å². The molecule has 1 unspecified atom stereocenters. The Kier molecular flexibility index (Phi) is 5.99. The zero-order chi connectivity index (χ0) is 18.2. The monoisotopic (exact) mass is 346 g/mol. The van der Waals surface area contributed by atoms with Crippen LogP contribution >= 0.6 is 0 Å². The highest BCUT2D eigenvalue weighted by Crippen LogP contribution is 2.25. The fourth-order valence-corrected chi connectivity index (χ4v) is 2.80. The fraction of sp³-hybridized carbons (Fsp3) is 0.182. The first-order valence-corrected chi connectivity index (χ1v) is 8.80. The van der Waals surface area contributed by atoms with Crippen molar-refractivity contribution in [1.82, 2.24) is 4.98 Å². The summed E-state index contributed by atoms with van der Waals surface area (Å²) in [7, 11) is 0. The van der Waals surface area contributed by atoms with Crippen LogP contribution in [0.2, 0.25) is 0 Å². The molecule has 3 rings (SSSR count). The molecule has 0 bridgehead atoms. The highest BCUT2D eigenvalue weighted by Gasteiger charge is 2.19. The Hall–Kier alpha value is -3.14. The Morgan fingerprint density at radius 3 is 2.27 bits per heavy atom. The molecular weight excluding hydrogens is 324 g/mol. The number of pyridine rings is 1. The molecule has 26 heavy (non-hydrogen) atoms. The predicted molar refractivity (Wildman–Crippen MR) is 103 cm³/mol. The van der Waals surface area contributed by atoms with Crippen LogP contribution in [0.25, 0.3) is 0 Å². The van der Waals surface area contributed by atoms with Gasteiger partial charge in [-0.1, -0.05) is 43.7 Å². The van der Waals surface area contributed by atoms with E-state index in [0.29, 0.717) is 5.75 Å². The van der Waals surface area contributed by atoms with Crippen molar-refractivity contribution in [2.75, 3.05) is 5.32 Å². The summed E-state index contributed by atoms with van der Waals surface area (Å²) in [4.78, 5) is 16.7. The van der Waals surface area contributed by atoms with Crippen LogP contribution in [0.15, 0.2) is 79.1 Å². The lowest BCUT2D eigenvalue weighted by Crippen LogP contribution is -2.21. The first-order valence-electron chi connectivity index (χ1n) is 8.80. The van der Waals surface area contributed by atoms with E-state index in [-0.39, 0.29) is 11.8 Å². The van der Waals surface area contributed by atoms with Crippen LogP contribution in [0, 0.1) is 0 Å². The standard InChI is InChI=1S/C22H22N2O2/c1-2-6-21(17-7-4-3-5-8-17)22(25)24-18-9-11-19(12-10-18)26-20-13-15-23-16-14-20/h3-5,7-16,21H,2,6H2,1H3,(H,24,25). The smallest absolute Gasteiger partial charge is 0.231 e. The molecule has 0 aliphatic carbocycles. The van der Waals surface area contributed by atoms with Gasteiger partial charge in [-0.2, -0.15) is 0 Å². The lowest BCUT2D eigenvalue weighted by atomic mass is 9.93. The number of carbonyl (C=O) groups is 1. The molecule has 0 fully saturated rings. The number of ether oxygens (including phenoxy) is 1. The molecule has 0 spiro atoms. The Labute approximate surface area is 153 Å². The summed E-state index contributed by atoms with van der Waals surface area (Å²) in [5.41, 5.74) is 1.80. The number of hydrogen-bond acceptors (Lipinski definition) is 3. The van der Waals surface area contributed by atoms with Crippen LogP contribution in [0.3, 0.4) is 0 Å². The Morgan fingerprint density at radius 1 is 0.962 bits per heavy atom. The molecule has 1 aromatic heterocycles. The second-order valence-electron chi connectivity index (χ2n) is 6.05. The van der Waals surface area contributed by atoms with Crippen LogP contribution in [0.5, 0.6) is 11.5 Å². The van der Waals surface area contributed by atoms with E-state index in [2.05, 4.69) is 17.2 Å². The maximum Gasteiger partial charge on any atom is 0.231 e. The SMILES string of the molecule is CCCC(C(=O)Nc1ccc(Oc2ccncc2)cc1)c1ccccc1. The van der Waals surface area contributed by atoms with Gasteiger partial charge in [-0.3, -0.25) is 9.78 Å². The third-order valence-corrected chi connectivity index (χ3v) is 4.10. The van der Waals surface area contributed by atoms with Crippen molar-refractivity contribution >= 4 is 11.6 Å². The minimum absolute atomic E-state index is 0.0147. The second-order valence-corrected chi connectivity index (χ2v) is 6.05. The molecular formula is C22H22N2O2. The van der Waals surface area contributed by atoms with Gasteiger partial charge in [0.2, 0.25) is 5.91 Å². The molecule has 0 radical (unpaired) electrons. The summed E-state index contributed by atoms with van der Waals surface area (Å²) in [5.74, 6) is 1.31. The summed E-state index contributed by atoms with van der Waals surface area (Å²) in [6.45, 7) is 2.09. The zero-order valence-corrected chi connectivity index (χ0v) is 14.8. The van der Waals surface area contributed by atoms with Crippen LogP contribution in [0.1, 0.15) is 31.2 Å². The van der Waals surface area contributed by atoms with Gasteiger partial charge in [-0.05, 0) is 48.4 Å². The predicted octanol–water partition coefficient (Wildman–Crippen LogP) is 5.40. The van der Waals surface area contributed by atoms with E-state index in [0.717, 1.165) is 29.8 Å². The van der Waals surface area contributed by atoms with Crippen molar-refractivity contribution in [2.45, 2.75) is 25.7 Å². The third kappa shape index (κ3) is 4.70. The summed E-state index contributed by atoms with van der Waals surface area (Å²) in [6.07, 6.45) is 5.13. The van der Waals surface area contributed by atoms with Crippen molar-refractivity contribution in [3.05, 3.63) is 84.7 Å². The molecule has 0 saturated heterocycles. The van der Waals surface area contributed by atoms with Crippen LogP contribution in [0.4, 0.5) is 5.69 Å². The first-order chi connectivity index (χ1) is 12.8. The highest BCUT2D eigenvalue weighted by molar-refractivity contribution is 5.95. The number of nitrogens with zero attached hydrogens (tertiary/aromatic N) is 1. The Bertz CT molecular complexity index is 818. The van der Waals surface area contributed by atoms with Gasteiger partial charge in [0.15, 0.2) is 0 Å². The van der Waals surface area contributed by atoms with Gasteiger partial charge in [0.25, 0.3) is 0 Å². The van der Waals surface area contributed by atoms with Gasteiger partial charge in [0.1, 0.15) is 11.5 Å². The fourth-order valence-electron chi connectivity index (χ4n) is 2.80. The summed E-state index contributed by atoms with van der Waals surface area (Å²) in [5, 5.41) is 3.01. The number of nitrogens with one attached hydrogen (secondary N) is 1. The van der Waals surface area contributed by atoms with E-state index in [1.807, 2.05) is 54.6 Å². The molecule has 2 aromatic carbocycles. The number of carbonyl (C=O) groups excluding carboxylic acids is 1. The van der Waals surface area contributed by atoms with Crippen molar-refractivity contribution in [3.63, 3.8) is 0 Å². The highest BCUT2D eigenvalue weighted by atomic mass is 16.5. The number of amides is 1. The van der Waals surface area contributed by atoms with Crippen molar-refractivity contribution < 1.29 is 9.53 Å². The topological polar surface area (TPSA) is 51.2 Å². The molecule has 4 nitrogen and oxygen atoms in total. The number of anilines is 1. The minimum Gasteiger partial charge on any atom is -0.457 e. The lowest BCUT2D eigenvalue weighted by Gasteiger charge is -2.17. The van der Waals surface area contributed by atoms with Gasteiger partial charge >= 0.3 is 0 Å². The quantitative estimate of drug-likeness (QED) is 0.623. The van der Waals surface area contributed by atoms with E-state index in [1.165, 1.54) is 0 Å². The van der Waals surface area contributed by atoms with Crippen molar-refractivity contribution in [3.8, 4) is 11.5 Å². The second kappa shape index (κ2) is 8.81. The van der Waals surface area contributed by atoms with Gasteiger partial charge in [-0.15, -0.1) is 0 Å². The molecule has 0 aliphatic rings. The largest absolute Gasteiger partial charge is 0.457 e. The lowest BCUT2D eigenvalue weighted by molar-refractivity contribution is -0.117. The summed E-state index contributed by atoms with van der Waals surface area (Å²) in [6, 6.07) is 20.9. The van der Waals surface area contributed by atoms with E-state index in [1.54, 1.807) is 24.5 Å². The Morgan fingerprint density at radius 2 is 1.62 bits per heavy atom. The average molecular weight is 346 g/mol. The number of aromatic nitrogens is 1. The van der Waals surface area contributed by atoms with Crippen molar-refractivity contribution in [2.24, 2.45) is 0 Å². The first kappa shape index (κ1) is 17.7. The Balaban J connectivity index is 1.66. The molecule has 0 saturated carbocycles. The van der Waals surface area contributed by atoms with E-state index in [4.69, 9.17) is 4.74 Å². The molecule has 1 N–H and O–H groups in total. The average Bonchev–Trinajstić information content (AvgIpc) is 2.69. The third-order valence-electron chi connectivity index (χ3n) is 4.10. The van der Waals surface area contributed by atoms with Gasteiger partial charge in [0.05, 0.1) is 5.92 Å². The molecule has 1 amide bonds. The van der Waals surface area contributed by atoms with Crippen LogP contribution < -0.4 is 10.1 Å². The van der Waals surface area contributed by atoms with E-state index in [9.17, 15) is 4.79 Å². The number of rotatable bonds is 7.